The minimum absolute atomic E-state index is 0.0519. The number of halogens is 3. The first-order valence-electron chi connectivity index (χ1n) is 5.25. The largest absolute Gasteiger partial charge is 0.390 e. The molecule has 8 heteroatoms. The molecule has 1 aliphatic rings. The Bertz CT molecular complexity index is 517. The van der Waals surface area contributed by atoms with Crippen LogP contribution in [0.25, 0.3) is 0 Å². The first kappa shape index (κ1) is 13.3. The number of hydrogen-bond donors (Lipinski definition) is 0. The summed E-state index contributed by atoms with van der Waals surface area (Å²) >= 11 is 0. The Balaban J connectivity index is 2.06. The zero-order valence-corrected chi connectivity index (χ0v) is 10.1. The molecular formula is C10H11F3N2O2S. The van der Waals surface area contributed by atoms with E-state index in [-0.39, 0.29) is 13.1 Å². The normalized spacial score (nSPS) is 16.8. The summed E-state index contributed by atoms with van der Waals surface area (Å²) in [6.07, 6.45) is -4.25. The topological polar surface area (TPSA) is 50.3 Å². The van der Waals surface area contributed by atoms with Gasteiger partial charge in [0.15, 0.2) is 0 Å². The Morgan fingerprint density at radius 1 is 1.33 bits per heavy atom. The van der Waals surface area contributed by atoms with E-state index < -0.39 is 28.4 Å². The maximum absolute atomic E-state index is 12.0. The standard InChI is InChI=1S/C10H11F3N2O2S/c11-10(12,13)3-5-18(16,17)15-6-8-2-1-4-14-9(8)7-15/h1-2,4H,3,5-7H2. The zero-order chi connectivity index (χ0) is 13.4. The second-order valence-corrected chi connectivity index (χ2v) is 6.15. The predicted molar refractivity (Wildman–Crippen MR) is 57.9 cm³/mol. The maximum atomic E-state index is 12.0. The maximum Gasteiger partial charge on any atom is 0.390 e. The number of nitrogens with zero attached hydrogens (tertiary/aromatic N) is 2. The third kappa shape index (κ3) is 2.99. The predicted octanol–water partition coefficient (Wildman–Crippen LogP) is 1.68. The lowest BCUT2D eigenvalue weighted by Crippen LogP contribution is -2.30. The van der Waals surface area contributed by atoms with Crippen molar-refractivity contribution < 1.29 is 21.6 Å². The summed E-state index contributed by atoms with van der Waals surface area (Å²) in [6, 6.07) is 3.40. The monoisotopic (exact) mass is 280 g/mol. The lowest BCUT2D eigenvalue weighted by Gasteiger charge is -2.15. The molecule has 0 aliphatic carbocycles. The van der Waals surface area contributed by atoms with Crippen LogP contribution in [0.3, 0.4) is 0 Å². The molecule has 2 rings (SSSR count). The van der Waals surface area contributed by atoms with Crippen molar-refractivity contribution >= 4 is 10.0 Å². The molecule has 0 amide bonds. The number of pyridine rings is 1. The molecule has 0 unspecified atom stereocenters. The average Bonchev–Trinajstić information content (AvgIpc) is 2.70. The van der Waals surface area contributed by atoms with Gasteiger partial charge in [0.1, 0.15) is 0 Å². The molecule has 18 heavy (non-hydrogen) atoms. The van der Waals surface area contributed by atoms with E-state index in [1.807, 2.05) is 0 Å². The lowest BCUT2D eigenvalue weighted by molar-refractivity contribution is -0.130. The van der Waals surface area contributed by atoms with Crippen LogP contribution in [-0.2, 0) is 23.1 Å². The van der Waals surface area contributed by atoms with Crippen molar-refractivity contribution in [3.8, 4) is 0 Å². The summed E-state index contributed by atoms with van der Waals surface area (Å²) in [7, 11) is -3.89. The van der Waals surface area contributed by atoms with Crippen LogP contribution in [-0.4, -0.2) is 29.6 Å². The molecule has 2 heterocycles. The molecule has 100 valence electrons. The van der Waals surface area contributed by atoms with Crippen molar-refractivity contribution in [2.24, 2.45) is 0 Å². The van der Waals surface area contributed by atoms with Crippen LogP contribution in [0.1, 0.15) is 17.7 Å². The third-order valence-electron chi connectivity index (χ3n) is 2.69. The highest BCUT2D eigenvalue weighted by atomic mass is 32.2. The molecule has 0 bridgehead atoms. The Morgan fingerprint density at radius 3 is 2.67 bits per heavy atom. The second kappa shape index (κ2) is 4.51. The number of sulfonamides is 1. The second-order valence-electron chi connectivity index (χ2n) is 4.06. The Hall–Kier alpha value is -1.15. The van der Waals surface area contributed by atoms with Crippen LogP contribution in [0.4, 0.5) is 13.2 Å². The minimum Gasteiger partial charge on any atom is -0.260 e. The smallest absolute Gasteiger partial charge is 0.260 e. The van der Waals surface area contributed by atoms with Crippen molar-refractivity contribution in [1.29, 1.82) is 0 Å². The third-order valence-corrected chi connectivity index (χ3v) is 4.46. The van der Waals surface area contributed by atoms with E-state index >= 15 is 0 Å². The van der Waals surface area contributed by atoms with Crippen LogP contribution in [0.15, 0.2) is 18.3 Å². The van der Waals surface area contributed by atoms with Crippen molar-refractivity contribution in [1.82, 2.24) is 9.29 Å². The van der Waals surface area contributed by atoms with Crippen LogP contribution in [0.2, 0.25) is 0 Å². The zero-order valence-electron chi connectivity index (χ0n) is 9.31. The molecule has 4 nitrogen and oxygen atoms in total. The summed E-state index contributed by atoms with van der Waals surface area (Å²) in [5, 5.41) is 0. The summed E-state index contributed by atoms with van der Waals surface area (Å²) < 4.78 is 60.7. The first-order chi connectivity index (χ1) is 8.28. The molecule has 0 radical (unpaired) electrons. The van der Waals surface area contributed by atoms with Gasteiger partial charge in [0, 0.05) is 12.7 Å². The molecule has 0 saturated heterocycles. The van der Waals surface area contributed by atoms with E-state index in [4.69, 9.17) is 0 Å². The molecule has 1 aliphatic heterocycles. The molecule has 0 atom stereocenters. The van der Waals surface area contributed by atoms with Gasteiger partial charge < -0.3 is 0 Å². The summed E-state index contributed by atoms with van der Waals surface area (Å²) in [4.78, 5) is 4.00. The molecule has 0 aromatic carbocycles. The average molecular weight is 280 g/mol. The highest BCUT2D eigenvalue weighted by molar-refractivity contribution is 7.89. The fourth-order valence-corrected chi connectivity index (χ4v) is 3.14. The Labute approximate surface area is 102 Å². The van der Waals surface area contributed by atoms with E-state index in [2.05, 4.69) is 4.98 Å². The Kier molecular flexibility index (Phi) is 3.33. The number of hydrogen-bond acceptors (Lipinski definition) is 3. The first-order valence-corrected chi connectivity index (χ1v) is 6.86. The Morgan fingerprint density at radius 2 is 2.06 bits per heavy atom. The fraction of sp³-hybridized carbons (Fsp3) is 0.500. The number of aromatic nitrogens is 1. The number of rotatable bonds is 3. The SMILES string of the molecule is O=S(=O)(CCC(F)(F)F)N1Cc2cccnc2C1. The molecule has 0 fully saturated rings. The lowest BCUT2D eigenvalue weighted by atomic mass is 10.2. The van der Waals surface area contributed by atoms with E-state index in [1.165, 1.54) is 6.20 Å². The van der Waals surface area contributed by atoms with Crippen molar-refractivity contribution in [3.63, 3.8) is 0 Å². The van der Waals surface area contributed by atoms with E-state index in [0.717, 1.165) is 9.87 Å². The van der Waals surface area contributed by atoms with Gasteiger partial charge in [-0.15, -0.1) is 0 Å². The molecule has 0 N–H and O–H groups in total. The van der Waals surface area contributed by atoms with Crippen molar-refractivity contribution in [2.75, 3.05) is 5.75 Å². The number of alkyl halides is 3. The van der Waals surface area contributed by atoms with Crippen LogP contribution < -0.4 is 0 Å². The summed E-state index contributed by atoms with van der Waals surface area (Å²) in [5.41, 5.74) is 1.35. The van der Waals surface area contributed by atoms with Crippen LogP contribution >= 0.6 is 0 Å². The van der Waals surface area contributed by atoms with Crippen LogP contribution in [0, 0.1) is 0 Å². The van der Waals surface area contributed by atoms with E-state index in [9.17, 15) is 21.6 Å². The molecule has 0 spiro atoms. The number of fused-ring (bicyclic) bond motifs is 1. The van der Waals surface area contributed by atoms with Gasteiger partial charge in [0.05, 0.1) is 24.4 Å². The van der Waals surface area contributed by atoms with E-state index in [0.29, 0.717) is 5.69 Å². The van der Waals surface area contributed by atoms with Crippen LogP contribution in [0.5, 0.6) is 0 Å². The summed E-state index contributed by atoms with van der Waals surface area (Å²) in [5.74, 6) is -0.912. The van der Waals surface area contributed by atoms with Crippen molar-refractivity contribution in [2.45, 2.75) is 25.7 Å². The van der Waals surface area contributed by atoms with Gasteiger partial charge in [0.25, 0.3) is 0 Å². The molecular weight excluding hydrogens is 269 g/mol. The van der Waals surface area contributed by atoms with Gasteiger partial charge in [-0.05, 0) is 11.6 Å². The fourth-order valence-electron chi connectivity index (χ4n) is 1.74. The summed E-state index contributed by atoms with van der Waals surface area (Å²) in [6.45, 7) is 0.153. The minimum atomic E-state index is -4.46. The van der Waals surface area contributed by atoms with Gasteiger partial charge in [-0.2, -0.15) is 17.5 Å². The highest BCUT2D eigenvalue weighted by Crippen LogP contribution is 2.26. The molecule has 1 aromatic heterocycles. The van der Waals surface area contributed by atoms with Gasteiger partial charge >= 0.3 is 6.18 Å². The van der Waals surface area contributed by atoms with Gasteiger partial charge in [-0.3, -0.25) is 4.98 Å². The van der Waals surface area contributed by atoms with Gasteiger partial charge in [0.2, 0.25) is 10.0 Å². The quantitative estimate of drug-likeness (QED) is 0.846. The van der Waals surface area contributed by atoms with Crippen molar-refractivity contribution in [3.05, 3.63) is 29.6 Å². The molecule has 0 saturated carbocycles. The van der Waals surface area contributed by atoms with Gasteiger partial charge in [-0.25, -0.2) is 8.42 Å². The van der Waals surface area contributed by atoms with Gasteiger partial charge in [-0.1, -0.05) is 6.07 Å². The molecule has 1 aromatic rings. The highest BCUT2D eigenvalue weighted by Gasteiger charge is 2.34. The van der Waals surface area contributed by atoms with E-state index in [1.54, 1.807) is 12.1 Å².